The first kappa shape index (κ1) is 42.8. The van der Waals surface area contributed by atoms with E-state index >= 15 is 0 Å². The van der Waals surface area contributed by atoms with Crippen LogP contribution >= 0.6 is 0 Å². The van der Waals surface area contributed by atoms with Crippen molar-refractivity contribution in [3.05, 3.63) is 59.7 Å². The van der Waals surface area contributed by atoms with E-state index in [0.717, 1.165) is 0 Å². The van der Waals surface area contributed by atoms with Gasteiger partial charge in [-0.3, -0.25) is 14.4 Å². The summed E-state index contributed by atoms with van der Waals surface area (Å²) < 4.78 is 32.4. The largest absolute Gasteiger partial charge is 0.481 e. The Hall–Kier alpha value is -4.57. The Morgan fingerprint density at radius 2 is 1.25 bits per heavy atom. The van der Waals surface area contributed by atoms with Gasteiger partial charge in [0.05, 0.1) is 26.4 Å². The molecular formula is C38H53N3O12. The minimum absolute atomic E-state index is 0.0207. The first-order chi connectivity index (χ1) is 25.4. The number of amides is 3. The van der Waals surface area contributed by atoms with Gasteiger partial charge >= 0.3 is 18.0 Å². The Balaban J connectivity index is 1.09. The van der Waals surface area contributed by atoms with E-state index < -0.39 is 48.1 Å². The van der Waals surface area contributed by atoms with Crippen LogP contribution in [0.3, 0.4) is 0 Å². The van der Waals surface area contributed by atoms with Crippen LogP contribution in [0.25, 0.3) is 11.1 Å². The second-order valence-corrected chi connectivity index (χ2v) is 13.2. The minimum atomic E-state index is -1.15. The van der Waals surface area contributed by atoms with E-state index in [4.69, 9.17) is 33.5 Å². The lowest BCUT2D eigenvalue weighted by molar-refractivity contribution is -0.159. The molecule has 0 heterocycles. The molecule has 0 aromatic heterocycles. The molecule has 1 aliphatic carbocycles. The molecule has 0 bridgehead atoms. The van der Waals surface area contributed by atoms with E-state index in [-0.39, 0.29) is 32.0 Å². The van der Waals surface area contributed by atoms with E-state index in [0.29, 0.717) is 65.6 Å². The molecule has 2 aromatic rings. The van der Waals surface area contributed by atoms with Crippen molar-refractivity contribution in [2.75, 3.05) is 72.6 Å². The average molecular weight is 744 g/mol. The molecule has 1 aliphatic rings. The van der Waals surface area contributed by atoms with Crippen LogP contribution in [0.15, 0.2) is 48.5 Å². The number of carboxylic acid groups (broad SMARTS) is 1. The van der Waals surface area contributed by atoms with Crippen molar-refractivity contribution in [3.63, 3.8) is 0 Å². The lowest BCUT2D eigenvalue weighted by Crippen LogP contribution is -2.46. The summed E-state index contributed by atoms with van der Waals surface area (Å²) in [5.74, 6) is -2.95. The predicted octanol–water partition coefficient (Wildman–Crippen LogP) is 3.18. The van der Waals surface area contributed by atoms with Crippen molar-refractivity contribution in [1.82, 2.24) is 16.0 Å². The van der Waals surface area contributed by atoms with Crippen LogP contribution in [0.5, 0.6) is 0 Å². The van der Waals surface area contributed by atoms with Gasteiger partial charge in [0.25, 0.3) is 0 Å². The summed E-state index contributed by atoms with van der Waals surface area (Å²) in [4.78, 5) is 59.7. The zero-order chi connectivity index (χ0) is 38.5. The summed E-state index contributed by atoms with van der Waals surface area (Å²) in [6.45, 7) is 7.62. The van der Waals surface area contributed by atoms with Crippen LogP contribution in [0.4, 0.5) is 4.79 Å². The van der Waals surface area contributed by atoms with Crippen LogP contribution in [-0.4, -0.2) is 119 Å². The lowest BCUT2D eigenvalue weighted by Gasteiger charge is -2.24. The molecule has 2 aromatic carbocycles. The topological polar surface area (TPSA) is 197 Å². The van der Waals surface area contributed by atoms with E-state index in [1.165, 1.54) is 22.3 Å². The van der Waals surface area contributed by atoms with E-state index in [2.05, 4.69) is 40.2 Å². The van der Waals surface area contributed by atoms with Crippen LogP contribution in [0.2, 0.25) is 0 Å². The van der Waals surface area contributed by atoms with Crippen LogP contribution in [0.1, 0.15) is 63.5 Å². The molecule has 0 fully saturated rings. The van der Waals surface area contributed by atoms with E-state index in [1.54, 1.807) is 20.8 Å². The average Bonchev–Trinajstić information content (AvgIpc) is 3.43. The Labute approximate surface area is 310 Å². The van der Waals surface area contributed by atoms with Gasteiger partial charge in [-0.25, -0.2) is 9.59 Å². The highest BCUT2D eigenvalue weighted by molar-refractivity contribution is 5.86. The van der Waals surface area contributed by atoms with Gasteiger partial charge in [0.15, 0.2) is 0 Å². The van der Waals surface area contributed by atoms with Crippen molar-refractivity contribution in [1.29, 1.82) is 0 Å². The normalized spacial score (nSPS) is 12.7. The number of carbonyl (C=O) groups excluding carboxylic acids is 4. The van der Waals surface area contributed by atoms with Gasteiger partial charge in [-0.05, 0) is 62.3 Å². The van der Waals surface area contributed by atoms with Crippen molar-refractivity contribution in [2.45, 2.75) is 64.0 Å². The molecule has 15 heteroatoms. The summed E-state index contributed by atoms with van der Waals surface area (Å²) in [7, 11) is 0. The Morgan fingerprint density at radius 3 is 1.81 bits per heavy atom. The standard InChI is InChI=1S/C38H53N3O12/c1-38(2,3)53-36(46)32(14-15-35(44)45)41-34(43)26-51-25-33(42)39-16-8-18-48-20-22-50-23-21-49-19-9-17-40-37(47)52-24-31-29-12-6-4-10-27(29)28-11-5-7-13-30(28)31/h4-7,10-13,31-32H,8-9,14-26H2,1-3H3,(H,39,42)(H,40,47)(H,41,43)(H,44,45). The third-order valence-corrected chi connectivity index (χ3v) is 7.75. The molecule has 3 rings (SSSR count). The maximum absolute atomic E-state index is 12.3. The number of rotatable bonds is 25. The van der Waals surface area contributed by atoms with Gasteiger partial charge in [0.2, 0.25) is 11.8 Å². The third kappa shape index (κ3) is 16.8. The molecule has 1 atom stereocenters. The van der Waals surface area contributed by atoms with Crippen molar-refractivity contribution < 1.29 is 57.5 Å². The summed E-state index contributed by atoms with van der Waals surface area (Å²) >= 11 is 0. The first-order valence-electron chi connectivity index (χ1n) is 17.8. The second kappa shape index (κ2) is 23.2. The predicted molar refractivity (Wildman–Crippen MR) is 193 cm³/mol. The minimum Gasteiger partial charge on any atom is -0.481 e. The molecule has 4 N–H and O–H groups in total. The first-order valence-corrected chi connectivity index (χ1v) is 17.8. The molecule has 0 saturated carbocycles. The van der Waals surface area contributed by atoms with E-state index in [9.17, 15) is 24.0 Å². The Morgan fingerprint density at radius 1 is 0.717 bits per heavy atom. The third-order valence-electron chi connectivity index (χ3n) is 7.75. The van der Waals surface area contributed by atoms with Crippen LogP contribution in [-0.2, 0) is 47.6 Å². The highest BCUT2D eigenvalue weighted by Crippen LogP contribution is 2.44. The maximum Gasteiger partial charge on any atom is 0.407 e. The molecule has 0 spiro atoms. The quantitative estimate of drug-likeness (QED) is 0.0858. The summed E-state index contributed by atoms with van der Waals surface area (Å²) in [5, 5.41) is 16.7. The summed E-state index contributed by atoms with van der Waals surface area (Å²) in [6.07, 6.45) is 0.259. The number of carboxylic acids is 1. The number of ether oxygens (including phenoxy) is 6. The fraction of sp³-hybridized carbons (Fsp3) is 0.553. The summed E-state index contributed by atoms with van der Waals surface area (Å²) in [5.41, 5.74) is 3.90. The fourth-order valence-corrected chi connectivity index (χ4v) is 5.37. The lowest BCUT2D eigenvalue weighted by atomic mass is 9.98. The monoisotopic (exact) mass is 743 g/mol. The maximum atomic E-state index is 12.3. The second-order valence-electron chi connectivity index (χ2n) is 13.2. The fourth-order valence-electron chi connectivity index (χ4n) is 5.37. The molecule has 53 heavy (non-hydrogen) atoms. The molecule has 3 amide bonds. The SMILES string of the molecule is CC(C)(C)OC(=O)C(CCC(=O)O)NC(=O)COCC(=O)NCCCOCCOCCOCCCNC(=O)OCC1c2ccccc2-c2ccccc21. The number of hydrogen-bond donors (Lipinski definition) is 4. The van der Waals surface area contributed by atoms with Gasteiger partial charge < -0.3 is 49.5 Å². The Bertz CT molecular complexity index is 1430. The molecule has 1 unspecified atom stereocenters. The van der Waals surface area contributed by atoms with Crippen molar-refractivity contribution >= 4 is 29.8 Å². The highest BCUT2D eigenvalue weighted by atomic mass is 16.6. The van der Waals surface area contributed by atoms with Crippen molar-refractivity contribution in [3.8, 4) is 11.1 Å². The zero-order valence-corrected chi connectivity index (χ0v) is 30.8. The van der Waals surface area contributed by atoms with Gasteiger partial charge in [-0.2, -0.15) is 0 Å². The zero-order valence-electron chi connectivity index (χ0n) is 30.8. The number of benzene rings is 2. The number of alkyl carbamates (subject to hydrolysis) is 1. The number of carbonyl (C=O) groups is 5. The molecule has 0 saturated heterocycles. The summed E-state index contributed by atoms with van der Waals surface area (Å²) in [6, 6.07) is 15.3. The molecule has 292 valence electrons. The molecule has 0 radical (unpaired) electrons. The van der Waals surface area contributed by atoms with Crippen molar-refractivity contribution in [2.24, 2.45) is 0 Å². The number of fused-ring (bicyclic) bond motifs is 3. The molecular weight excluding hydrogens is 690 g/mol. The number of aliphatic carboxylic acids is 1. The highest BCUT2D eigenvalue weighted by Gasteiger charge is 2.29. The Kier molecular flexibility index (Phi) is 18.7. The van der Waals surface area contributed by atoms with E-state index in [1.807, 2.05) is 24.3 Å². The number of esters is 1. The van der Waals surface area contributed by atoms with Gasteiger partial charge in [0, 0.05) is 38.6 Å². The molecule has 15 nitrogen and oxygen atoms in total. The van der Waals surface area contributed by atoms with Crippen LogP contribution in [0, 0.1) is 0 Å². The van der Waals surface area contributed by atoms with Gasteiger partial charge in [-0.15, -0.1) is 0 Å². The van der Waals surface area contributed by atoms with Gasteiger partial charge in [0.1, 0.15) is 31.5 Å². The van der Waals surface area contributed by atoms with Crippen LogP contribution < -0.4 is 16.0 Å². The molecule has 0 aliphatic heterocycles. The number of hydrogen-bond acceptors (Lipinski definition) is 11. The van der Waals surface area contributed by atoms with Gasteiger partial charge in [-0.1, -0.05) is 48.5 Å². The smallest absolute Gasteiger partial charge is 0.407 e. The number of nitrogens with one attached hydrogen (secondary N) is 3.